The molecule has 1 aromatic heterocycles. The van der Waals surface area contributed by atoms with Gasteiger partial charge < -0.3 is 10.1 Å². The van der Waals surface area contributed by atoms with Crippen LogP contribution >= 0.6 is 27.3 Å². The lowest BCUT2D eigenvalue weighted by Crippen LogP contribution is -2.17. The van der Waals surface area contributed by atoms with Crippen LogP contribution < -0.4 is 10.1 Å². The Morgan fingerprint density at radius 1 is 1.30 bits per heavy atom. The monoisotopic (exact) mass is 355 g/mol. The molecule has 0 unspecified atom stereocenters. The quantitative estimate of drug-likeness (QED) is 0.771. The van der Waals surface area contributed by atoms with E-state index in [0.717, 1.165) is 51.7 Å². The first-order chi connectivity index (χ1) is 9.74. The van der Waals surface area contributed by atoms with Gasteiger partial charge in [-0.25, -0.2) is 0 Å². The molecule has 0 aliphatic carbocycles. The van der Waals surface area contributed by atoms with Crippen LogP contribution in [0.3, 0.4) is 0 Å². The van der Waals surface area contributed by atoms with E-state index in [4.69, 9.17) is 4.74 Å². The van der Waals surface area contributed by atoms with E-state index in [9.17, 15) is 0 Å². The number of hydrogen-bond donors (Lipinski definition) is 1. The van der Waals surface area contributed by atoms with Crippen LogP contribution in [0.4, 0.5) is 0 Å². The first-order valence-corrected chi connectivity index (χ1v) is 8.22. The molecule has 0 aliphatic rings. The zero-order valence-corrected chi connectivity index (χ0v) is 14.1. The Kier molecular flexibility index (Phi) is 5.94. The highest BCUT2D eigenvalue weighted by atomic mass is 79.9. The molecule has 0 bridgehead atoms. The molecular weight excluding hydrogens is 338 g/mol. The molecule has 20 heavy (non-hydrogen) atoms. The van der Waals surface area contributed by atoms with Crippen LogP contribution in [0, 0.1) is 0 Å². The molecule has 0 saturated carbocycles. The van der Waals surface area contributed by atoms with E-state index in [1.165, 1.54) is 0 Å². The Morgan fingerprint density at radius 3 is 2.90 bits per heavy atom. The molecule has 0 spiro atoms. The summed E-state index contributed by atoms with van der Waals surface area (Å²) in [5.41, 5.74) is 0.987. The minimum absolute atomic E-state index is 0.811. The predicted octanol–water partition coefficient (Wildman–Crippen LogP) is 3.52. The van der Waals surface area contributed by atoms with E-state index in [-0.39, 0.29) is 0 Å². The van der Waals surface area contributed by atoms with E-state index in [2.05, 4.69) is 38.4 Å². The highest BCUT2D eigenvalue weighted by Crippen LogP contribution is 2.34. The summed E-state index contributed by atoms with van der Waals surface area (Å²) in [7, 11) is 1.67. The number of hydrogen-bond acceptors (Lipinski definition) is 5. The molecule has 1 aromatic carbocycles. The molecule has 1 N–H and O–H groups in total. The lowest BCUT2D eigenvalue weighted by molar-refractivity contribution is 0.416. The fourth-order valence-corrected chi connectivity index (χ4v) is 3.01. The van der Waals surface area contributed by atoms with Crippen LogP contribution in [0.15, 0.2) is 22.7 Å². The average molecular weight is 356 g/mol. The van der Waals surface area contributed by atoms with Gasteiger partial charge in [0.1, 0.15) is 10.8 Å². The fourth-order valence-electron chi connectivity index (χ4n) is 1.80. The van der Waals surface area contributed by atoms with Gasteiger partial charge in [-0.05, 0) is 31.2 Å². The molecule has 108 valence electrons. The number of methoxy groups -OCH3 is 1. The summed E-state index contributed by atoms with van der Waals surface area (Å²) in [6.45, 7) is 4.15. The molecule has 2 aromatic rings. The van der Waals surface area contributed by atoms with E-state index in [1.54, 1.807) is 18.4 Å². The number of nitrogens with one attached hydrogen (secondary N) is 1. The minimum Gasteiger partial charge on any atom is -0.496 e. The number of halogens is 1. The Bertz CT molecular complexity index is 559. The van der Waals surface area contributed by atoms with Crippen LogP contribution in [-0.4, -0.2) is 30.4 Å². The van der Waals surface area contributed by atoms with E-state index >= 15 is 0 Å². The second kappa shape index (κ2) is 7.71. The molecule has 0 radical (unpaired) electrons. The van der Waals surface area contributed by atoms with Gasteiger partial charge >= 0.3 is 0 Å². The molecule has 0 fully saturated rings. The van der Waals surface area contributed by atoms with Crippen LogP contribution in [0.2, 0.25) is 0 Å². The van der Waals surface area contributed by atoms with Crippen molar-refractivity contribution in [2.75, 3.05) is 20.2 Å². The second-order valence-electron chi connectivity index (χ2n) is 4.35. The summed E-state index contributed by atoms with van der Waals surface area (Å²) in [6, 6.07) is 5.93. The van der Waals surface area contributed by atoms with Gasteiger partial charge in [0, 0.05) is 17.4 Å². The zero-order chi connectivity index (χ0) is 14.4. The third kappa shape index (κ3) is 4.01. The molecule has 4 nitrogen and oxygen atoms in total. The lowest BCUT2D eigenvalue weighted by atomic mass is 10.2. The first-order valence-electron chi connectivity index (χ1n) is 6.61. The van der Waals surface area contributed by atoms with Crippen molar-refractivity contribution in [3.05, 3.63) is 27.7 Å². The third-order valence-corrected chi connectivity index (χ3v) is 4.31. The van der Waals surface area contributed by atoms with Gasteiger partial charge in [-0.2, -0.15) is 0 Å². The van der Waals surface area contributed by atoms with Gasteiger partial charge in [0.25, 0.3) is 0 Å². The minimum atomic E-state index is 0.811. The van der Waals surface area contributed by atoms with Gasteiger partial charge in [-0.15, -0.1) is 10.2 Å². The van der Waals surface area contributed by atoms with Gasteiger partial charge in [0.15, 0.2) is 5.01 Å². The summed E-state index contributed by atoms with van der Waals surface area (Å²) >= 11 is 5.06. The van der Waals surface area contributed by atoms with Crippen LogP contribution in [-0.2, 0) is 6.42 Å². The van der Waals surface area contributed by atoms with Gasteiger partial charge in [-0.3, -0.25) is 0 Å². The van der Waals surface area contributed by atoms with Crippen LogP contribution in [0.25, 0.3) is 10.6 Å². The van der Waals surface area contributed by atoms with Crippen molar-refractivity contribution < 1.29 is 4.74 Å². The number of aromatic nitrogens is 2. The van der Waals surface area contributed by atoms with Gasteiger partial charge in [0.05, 0.1) is 12.7 Å². The maximum atomic E-state index is 5.40. The molecule has 0 aliphatic heterocycles. The zero-order valence-electron chi connectivity index (χ0n) is 11.6. The smallest absolute Gasteiger partial charge is 0.151 e. The number of ether oxygens (including phenoxy) is 1. The summed E-state index contributed by atoms with van der Waals surface area (Å²) in [6.07, 6.45) is 2.06. The van der Waals surface area contributed by atoms with Crippen LogP contribution in [0.1, 0.15) is 18.4 Å². The predicted molar refractivity (Wildman–Crippen MR) is 86.5 cm³/mol. The standard InChI is InChI=1S/C14H18BrN3OS/c1-3-7-16-8-6-13-17-18-14(20-13)11-5-4-10(15)9-12(11)19-2/h4-5,9,16H,3,6-8H2,1-2H3. The van der Waals surface area contributed by atoms with E-state index < -0.39 is 0 Å². The maximum absolute atomic E-state index is 5.40. The molecule has 0 amide bonds. The molecule has 0 saturated heterocycles. The Morgan fingerprint density at radius 2 is 2.15 bits per heavy atom. The fraction of sp³-hybridized carbons (Fsp3) is 0.429. The molecule has 1 heterocycles. The van der Waals surface area contributed by atoms with Crippen molar-refractivity contribution in [3.63, 3.8) is 0 Å². The molecule has 0 atom stereocenters. The Labute approximate surface area is 131 Å². The SMILES string of the molecule is CCCNCCc1nnc(-c2ccc(Br)cc2OC)s1. The summed E-state index contributed by atoms with van der Waals surface area (Å²) < 4.78 is 6.39. The van der Waals surface area contributed by atoms with Crippen molar-refractivity contribution in [3.8, 4) is 16.3 Å². The Balaban J connectivity index is 2.08. The number of rotatable bonds is 7. The highest BCUT2D eigenvalue weighted by molar-refractivity contribution is 9.10. The summed E-state index contributed by atoms with van der Waals surface area (Å²) in [5, 5.41) is 13.8. The van der Waals surface area contributed by atoms with Crippen molar-refractivity contribution >= 4 is 27.3 Å². The topological polar surface area (TPSA) is 47.0 Å². The van der Waals surface area contributed by atoms with E-state index in [0.29, 0.717) is 0 Å². The largest absolute Gasteiger partial charge is 0.496 e. The summed E-state index contributed by atoms with van der Waals surface area (Å²) in [5.74, 6) is 0.811. The molecule has 6 heteroatoms. The van der Waals surface area contributed by atoms with Crippen LogP contribution in [0.5, 0.6) is 5.75 Å². The number of nitrogens with zero attached hydrogens (tertiary/aromatic N) is 2. The first kappa shape index (κ1) is 15.4. The number of benzene rings is 1. The molecular formula is C14H18BrN3OS. The van der Waals surface area contributed by atoms with Crippen molar-refractivity contribution in [1.29, 1.82) is 0 Å². The van der Waals surface area contributed by atoms with Gasteiger partial charge in [-0.1, -0.05) is 34.2 Å². The lowest BCUT2D eigenvalue weighted by Gasteiger charge is -2.05. The van der Waals surface area contributed by atoms with Crippen molar-refractivity contribution in [2.24, 2.45) is 0 Å². The highest BCUT2D eigenvalue weighted by Gasteiger charge is 2.12. The van der Waals surface area contributed by atoms with Crippen molar-refractivity contribution in [1.82, 2.24) is 15.5 Å². The third-order valence-electron chi connectivity index (χ3n) is 2.80. The van der Waals surface area contributed by atoms with E-state index in [1.807, 2.05) is 18.2 Å². The van der Waals surface area contributed by atoms with Crippen molar-refractivity contribution in [2.45, 2.75) is 19.8 Å². The summed E-state index contributed by atoms with van der Waals surface area (Å²) in [4.78, 5) is 0. The average Bonchev–Trinajstić information content (AvgIpc) is 2.92. The van der Waals surface area contributed by atoms with Gasteiger partial charge in [0.2, 0.25) is 0 Å². The molecule has 2 rings (SSSR count). The normalized spacial score (nSPS) is 10.8. The Hall–Kier alpha value is -0.980. The second-order valence-corrected chi connectivity index (χ2v) is 6.32. The maximum Gasteiger partial charge on any atom is 0.151 e.